The molecular weight excluding hydrogens is 408 g/mol. The molecule has 0 aliphatic carbocycles. The average Bonchev–Trinajstić information content (AvgIpc) is 3.18. The van der Waals surface area contributed by atoms with Crippen LogP contribution in [0.15, 0.2) is 52.1 Å². The zero-order valence-electron chi connectivity index (χ0n) is 17.9. The molecule has 0 fully saturated rings. The van der Waals surface area contributed by atoms with Crippen molar-refractivity contribution in [2.75, 3.05) is 13.7 Å². The maximum Gasteiger partial charge on any atom is 0.335 e. The van der Waals surface area contributed by atoms with Gasteiger partial charge in [-0.2, -0.15) is 0 Å². The number of fused-ring (bicyclic) bond motifs is 3. The normalized spacial score (nSPS) is 15.6. The van der Waals surface area contributed by atoms with Gasteiger partial charge in [-0.25, -0.2) is 9.36 Å². The quantitative estimate of drug-likeness (QED) is 0.396. The highest BCUT2D eigenvalue weighted by Crippen LogP contribution is 2.36. The van der Waals surface area contributed by atoms with Crippen molar-refractivity contribution in [1.29, 1.82) is 0 Å². The number of ether oxygens (including phenoxy) is 1. The Morgan fingerprint density at radius 1 is 1.12 bits per heavy atom. The fourth-order valence-corrected chi connectivity index (χ4v) is 4.50. The summed E-state index contributed by atoms with van der Waals surface area (Å²) >= 11 is 0. The van der Waals surface area contributed by atoms with Crippen molar-refractivity contribution in [3.8, 4) is 17.3 Å². The predicted octanol–water partition coefficient (Wildman–Crippen LogP) is 2.52. The van der Waals surface area contributed by atoms with Crippen molar-refractivity contribution in [1.82, 2.24) is 19.9 Å². The molecule has 0 spiro atoms. The number of aromatic nitrogens is 3. The third-order valence-corrected chi connectivity index (χ3v) is 6.17. The van der Waals surface area contributed by atoms with E-state index < -0.39 is 17.3 Å². The topological polar surface area (TPSA) is 112 Å². The largest absolute Gasteiger partial charge is 0.497 e. The van der Waals surface area contributed by atoms with E-state index in [-0.39, 0.29) is 11.4 Å². The first-order valence-electron chi connectivity index (χ1n) is 10.6. The highest BCUT2D eigenvalue weighted by Gasteiger charge is 2.31. The second kappa shape index (κ2) is 7.72. The second-order valence-electron chi connectivity index (χ2n) is 7.92. The van der Waals surface area contributed by atoms with Gasteiger partial charge < -0.3 is 20.1 Å². The number of methoxy groups -OCH3 is 1. The summed E-state index contributed by atoms with van der Waals surface area (Å²) in [6.07, 6.45) is 1.62. The average molecular weight is 432 g/mol. The van der Waals surface area contributed by atoms with Crippen LogP contribution in [-0.4, -0.2) is 33.3 Å². The second-order valence-corrected chi connectivity index (χ2v) is 7.92. The molecule has 2 aromatic heterocycles. The highest BCUT2D eigenvalue weighted by molar-refractivity contribution is 5.86. The van der Waals surface area contributed by atoms with Crippen LogP contribution in [0.5, 0.6) is 11.6 Å². The lowest BCUT2D eigenvalue weighted by molar-refractivity contribution is 0.409. The number of aryl methyl sites for hydroxylation is 1. The Morgan fingerprint density at radius 3 is 2.62 bits per heavy atom. The predicted molar refractivity (Wildman–Crippen MR) is 122 cm³/mol. The number of rotatable bonds is 4. The monoisotopic (exact) mass is 432 g/mol. The molecule has 0 bridgehead atoms. The Bertz CT molecular complexity index is 1430. The number of hydrogen-bond acceptors (Lipinski definition) is 5. The van der Waals surface area contributed by atoms with Crippen molar-refractivity contribution in [2.24, 2.45) is 0 Å². The molecule has 0 saturated carbocycles. The summed E-state index contributed by atoms with van der Waals surface area (Å²) in [5, 5.41) is 15.5. The molecule has 32 heavy (non-hydrogen) atoms. The Kier molecular flexibility index (Phi) is 4.86. The first-order chi connectivity index (χ1) is 15.5. The summed E-state index contributed by atoms with van der Waals surface area (Å²) in [4.78, 5) is 31.2. The SMILES string of the molecule is CCc1ccc(-n2c(O)c(C3NCCc4c3[nH]c3ccc(OC)cc43)c(=O)[nH]c2=O)cc1. The Balaban J connectivity index is 1.69. The summed E-state index contributed by atoms with van der Waals surface area (Å²) < 4.78 is 6.50. The zero-order chi connectivity index (χ0) is 22.4. The fraction of sp³-hybridized carbons (Fsp3) is 0.250. The standard InChI is InChI=1S/C24H24N4O4/c1-3-13-4-6-14(7-5-13)28-23(30)19(22(29)27-24(28)31)21-20-16(10-11-25-21)17-12-15(32-2)8-9-18(17)26-20/h4-9,12,21,25-26,30H,3,10-11H2,1-2H3,(H,27,29,31). The maximum absolute atomic E-state index is 12.9. The molecule has 0 radical (unpaired) electrons. The summed E-state index contributed by atoms with van der Waals surface area (Å²) in [7, 11) is 1.62. The van der Waals surface area contributed by atoms with E-state index in [1.165, 1.54) is 0 Å². The summed E-state index contributed by atoms with van der Waals surface area (Å²) in [5.41, 5.74) is 3.18. The molecule has 8 nitrogen and oxygen atoms in total. The van der Waals surface area contributed by atoms with Crippen LogP contribution in [-0.2, 0) is 12.8 Å². The summed E-state index contributed by atoms with van der Waals surface area (Å²) in [6.45, 7) is 2.66. The third kappa shape index (κ3) is 3.11. The molecular formula is C24H24N4O4. The van der Waals surface area contributed by atoms with Crippen LogP contribution >= 0.6 is 0 Å². The summed E-state index contributed by atoms with van der Waals surface area (Å²) in [6, 6.07) is 12.5. The van der Waals surface area contributed by atoms with Crippen molar-refractivity contribution >= 4 is 10.9 Å². The van der Waals surface area contributed by atoms with Crippen molar-refractivity contribution in [3.05, 3.63) is 85.7 Å². The maximum atomic E-state index is 12.9. The van der Waals surface area contributed by atoms with Gasteiger partial charge in [0.15, 0.2) is 0 Å². The minimum atomic E-state index is -0.682. The molecule has 164 valence electrons. The molecule has 5 rings (SSSR count). The van der Waals surface area contributed by atoms with Crippen LogP contribution in [0.3, 0.4) is 0 Å². The van der Waals surface area contributed by atoms with Crippen LogP contribution in [0.4, 0.5) is 0 Å². The van der Waals surface area contributed by atoms with Crippen molar-refractivity contribution < 1.29 is 9.84 Å². The van der Waals surface area contributed by atoms with Crippen LogP contribution in [0.1, 0.15) is 35.3 Å². The number of hydrogen-bond donors (Lipinski definition) is 4. The van der Waals surface area contributed by atoms with Gasteiger partial charge >= 0.3 is 5.69 Å². The van der Waals surface area contributed by atoms with Crippen LogP contribution < -0.4 is 21.3 Å². The van der Waals surface area contributed by atoms with E-state index in [0.717, 1.165) is 50.9 Å². The number of aromatic amines is 2. The molecule has 2 aromatic carbocycles. The van der Waals surface area contributed by atoms with Gasteiger partial charge in [-0.15, -0.1) is 0 Å². The lowest BCUT2D eigenvalue weighted by atomic mass is 9.95. The molecule has 0 amide bonds. The Labute approximate surface area is 183 Å². The smallest absolute Gasteiger partial charge is 0.335 e. The molecule has 0 saturated heterocycles. The highest BCUT2D eigenvalue weighted by atomic mass is 16.5. The van der Waals surface area contributed by atoms with Crippen LogP contribution in [0.25, 0.3) is 16.6 Å². The minimum Gasteiger partial charge on any atom is -0.497 e. The van der Waals surface area contributed by atoms with Crippen molar-refractivity contribution in [2.45, 2.75) is 25.8 Å². The van der Waals surface area contributed by atoms with E-state index in [2.05, 4.69) is 15.3 Å². The molecule has 4 aromatic rings. The van der Waals surface area contributed by atoms with E-state index in [9.17, 15) is 14.7 Å². The van der Waals surface area contributed by atoms with Gasteiger partial charge in [0.2, 0.25) is 5.88 Å². The van der Waals surface area contributed by atoms with E-state index >= 15 is 0 Å². The molecule has 1 aliphatic heterocycles. The molecule has 4 N–H and O–H groups in total. The number of benzene rings is 2. The minimum absolute atomic E-state index is 0.101. The number of nitrogens with zero attached hydrogens (tertiary/aromatic N) is 1. The number of nitrogens with one attached hydrogen (secondary N) is 3. The third-order valence-electron chi connectivity index (χ3n) is 6.17. The van der Waals surface area contributed by atoms with Gasteiger partial charge in [0, 0.05) is 23.1 Å². The van der Waals surface area contributed by atoms with E-state index in [1.54, 1.807) is 19.2 Å². The van der Waals surface area contributed by atoms with Gasteiger partial charge in [0.1, 0.15) is 11.3 Å². The van der Waals surface area contributed by atoms with Gasteiger partial charge in [-0.1, -0.05) is 19.1 Å². The van der Waals surface area contributed by atoms with Gasteiger partial charge in [0.25, 0.3) is 5.56 Å². The van der Waals surface area contributed by atoms with Gasteiger partial charge in [-0.3, -0.25) is 9.78 Å². The van der Waals surface area contributed by atoms with Crippen LogP contribution in [0.2, 0.25) is 0 Å². The fourth-order valence-electron chi connectivity index (χ4n) is 4.50. The molecule has 1 aliphatic rings. The number of aromatic hydroxyl groups is 1. The lowest BCUT2D eigenvalue weighted by Crippen LogP contribution is -2.38. The molecule has 1 atom stereocenters. The van der Waals surface area contributed by atoms with Crippen molar-refractivity contribution in [3.63, 3.8) is 0 Å². The Morgan fingerprint density at radius 2 is 1.91 bits per heavy atom. The molecule has 3 heterocycles. The zero-order valence-corrected chi connectivity index (χ0v) is 17.9. The van der Waals surface area contributed by atoms with E-state index in [0.29, 0.717) is 12.2 Å². The molecule has 8 heteroatoms. The number of H-pyrrole nitrogens is 2. The Hall–Kier alpha value is -3.78. The molecule has 1 unspecified atom stereocenters. The lowest BCUT2D eigenvalue weighted by Gasteiger charge is -2.25. The van der Waals surface area contributed by atoms with Gasteiger partial charge in [-0.05, 0) is 54.3 Å². The van der Waals surface area contributed by atoms with E-state index in [1.807, 2.05) is 37.3 Å². The van der Waals surface area contributed by atoms with Crippen LogP contribution in [0, 0.1) is 0 Å². The van der Waals surface area contributed by atoms with Gasteiger partial charge in [0.05, 0.1) is 18.8 Å². The summed E-state index contributed by atoms with van der Waals surface area (Å²) in [5.74, 6) is 0.378. The first-order valence-corrected chi connectivity index (χ1v) is 10.6. The van der Waals surface area contributed by atoms with E-state index in [4.69, 9.17) is 4.74 Å². The first kappa shape index (κ1) is 20.1.